The van der Waals surface area contributed by atoms with Crippen molar-refractivity contribution in [1.29, 1.82) is 0 Å². The van der Waals surface area contributed by atoms with Crippen LogP contribution < -0.4 is 19.5 Å². The Hall–Kier alpha value is -4.99. The summed E-state index contributed by atoms with van der Waals surface area (Å²) in [6.45, 7) is 2.00. The molecule has 0 radical (unpaired) electrons. The van der Waals surface area contributed by atoms with E-state index in [1.54, 1.807) is 9.80 Å². The molecule has 232 valence electrons. The van der Waals surface area contributed by atoms with E-state index in [1.165, 1.54) is 0 Å². The summed E-state index contributed by atoms with van der Waals surface area (Å²) in [5, 5.41) is 3.96. The molecular formula is C35H36N4O6. The van der Waals surface area contributed by atoms with Crippen molar-refractivity contribution >= 4 is 28.6 Å². The zero-order valence-corrected chi connectivity index (χ0v) is 25.2. The number of ether oxygens (including phenoxy) is 3. The van der Waals surface area contributed by atoms with Crippen molar-refractivity contribution in [2.75, 3.05) is 52.5 Å². The maximum absolute atomic E-state index is 13.9. The number of rotatable bonds is 4. The zero-order valence-electron chi connectivity index (χ0n) is 25.2. The number of nitrogens with one attached hydrogen (secondary N) is 1. The highest BCUT2D eigenvalue weighted by Gasteiger charge is 2.53. The number of likely N-dealkylation sites (tertiary alicyclic amines) is 1. The number of benzene rings is 3. The van der Waals surface area contributed by atoms with E-state index in [2.05, 4.69) is 5.32 Å². The Bertz CT molecular complexity index is 1750. The third kappa shape index (κ3) is 5.45. The molecule has 4 aliphatic rings. The first-order valence-corrected chi connectivity index (χ1v) is 15.4. The highest BCUT2D eigenvalue weighted by Crippen LogP contribution is 2.52. The molecule has 1 N–H and O–H groups in total. The van der Waals surface area contributed by atoms with Gasteiger partial charge in [0.1, 0.15) is 5.75 Å². The minimum Gasteiger partial charge on any atom is -0.490 e. The number of fused-ring (bicyclic) bond motifs is 10. The predicted octanol–water partition coefficient (Wildman–Crippen LogP) is 3.60. The molecule has 1 spiro atoms. The monoisotopic (exact) mass is 608 g/mol. The third-order valence-electron chi connectivity index (χ3n) is 9.21. The lowest BCUT2D eigenvalue weighted by Crippen LogP contribution is -2.50. The Labute approximate surface area is 261 Å². The summed E-state index contributed by atoms with van der Waals surface area (Å²) in [6.07, 6.45) is 2.36. The summed E-state index contributed by atoms with van der Waals surface area (Å²) in [6, 6.07) is 22.9. The molecule has 1 aromatic heterocycles. The second kappa shape index (κ2) is 11.8. The first-order chi connectivity index (χ1) is 21.9. The number of amides is 3. The number of nitrogens with zero attached hydrogens (tertiary/aromatic N) is 3. The van der Waals surface area contributed by atoms with Gasteiger partial charge in [-0.2, -0.15) is 0 Å². The molecule has 3 aromatic carbocycles. The molecular weight excluding hydrogens is 572 g/mol. The Morgan fingerprint density at radius 1 is 1.00 bits per heavy atom. The maximum Gasteiger partial charge on any atom is 0.260 e. The topological polar surface area (TPSA) is 102 Å². The first-order valence-electron chi connectivity index (χ1n) is 15.4. The molecule has 2 atom stereocenters. The summed E-state index contributed by atoms with van der Waals surface area (Å²) < 4.78 is 20.3. The zero-order chi connectivity index (χ0) is 31.0. The molecule has 5 heterocycles. The normalized spacial score (nSPS) is 21.4. The number of hydrogen-bond acceptors (Lipinski definition) is 6. The molecule has 0 unspecified atom stereocenters. The average molecular weight is 609 g/mol. The number of aryl methyl sites for hydroxylation is 1. The van der Waals surface area contributed by atoms with E-state index in [0.29, 0.717) is 68.6 Å². The molecule has 3 amide bonds. The highest BCUT2D eigenvalue weighted by molar-refractivity contribution is 6.07. The number of carbonyl (C=O) groups excluding carboxylic acids is 3. The van der Waals surface area contributed by atoms with Crippen LogP contribution in [0.3, 0.4) is 0 Å². The molecule has 1 saturated heterocycles. The van der Waals surface area contributed by atoms with Crippen LogP contribution in [0.4, 0.5) is 0 Å². The van der Waals surface area contributed by atoms with Crippen molar-refractivity contribution in [2.45, 2.75) is 12.3 Å². The fourth-order valence-corrected chi connectivity index (χ4v) is 6.88. The number of para-hydroxylation sites is 3. The number of hydrogen-bond donors (Lipinski definition) is 1. The Balaban J connectivity index is 1.14. The van der Waals surface area contributed by atoms with Gasteiger partial charge in [-0.3, -0.25) is 14.4 Å². The molecule has 45 heavy (non-hydrogen) atoms. The summed E-state index contributed by atoms with van der Waals surface area (Å²) in [5.41, 5.74) is 1.93. The van der Waals surface area contributed by atoms with Crippen LogP contribution in [0.15, 0.2) is 79.0 Å². The fourth-order valence-electron chi connectivity index (χ4n) is 6.88. The SMILES string of the molecule is Cn1cc(C(=O)N2CCCOc3cccc4c3OC[C@@]3(CNC(=O)C2)CN(C(=O)COc2ccccc2)C[C@@H]43)c2ccccc21. The van der Waals surface area contributed by atoms with Gasteiger partial charge in [0.05, 0.1) is 25.3 Å². The molecule has 4 aromatic rings. The minimum absolute atomic E-state index is 0.0814. The van der Waals surface area contributed by atoms with Crippen molar-refractivity contribution in [3.8, 4) is 17.2 Å². The van der Waals surface area contributed by atoms with E-state index in [4.69, 9.17) is 14.2 Å². The van der Waals surface area contributed by atoms with E-state index in [0.717, 1.165) is 16.5 Å². The molecule has 10 nitrogen and oxygen atoms in total. The van der Waals surface area contributed by atoms with Crippen LogP contribution in [0, 0.1) is 5.41 Å². The third-order valence-corrected chi connectivity index (χ3v) is 9.21. The summed E-state index contributed by atoms with van der Waals surface area (Å²) in [4.78, 5) is 44.2. The summed E-state index contributed by atoms with van der Waals surface area (Å²) in [5.74, 6) is 1.29. The van der Waals surface area contributed by atoms with Crippen LogP contribution in [0.5, 0.6) is 17.2 Å². The van der Waals surface area contributed by atoms with Crippen LogP contribution in [-0.4, -0.2) is 84.6 Å². The summed E-state index contributed by atoms with van der Waals surface area (Å²) in [7, 11) is 1.91. The minimum atomic E-state index is -0.557. The van der Waals surface area contributed by atoms with E-state index in [1.807, 2.05) is 90.6 Å². The summed E-state index contributed by atoms with van der Waals surface area (Å²) >= 11 is 0. The molecule has 8 rings (SSSR count). The van der Waals surface area contributed by atoms with Gasteiger partial charge in [-0.15, -0.1) is 0 Å². The van der Waals surface area contributed by atoms with Gasteiger partial charge in [0.15, 0.2) is 18.1 Å². The Kier molecular flexibility index (Phi) is 7.56. The standard InChI is InChI=1S/C35H36N4O6/c1-37-17-27(25-11-5-6-13-29(25)37)34(42)38-15-8-16-43-30-14-7-12-26-28-18-39(32(41)20-44-24-9-3-2-4-10-24)22-35(28,23-45-33(26)30)21-36-31(40)19-38/h2-7,9-14,17,28H,8,15-16,18-23H2,1H3,(H,36,40)/t28-,35+/m0/s1. The van der Waals surface area contributed by atoms with Gasteiger partial charge >= 0.3 is 0 Å². The highest BCUT2D eigenvalue weighted by atomic mass is 16.5. The van der Waals surface area contributed by atoms with Crippen molar-refractivity contribution in [1.82, 2.24) is 19.7 Å². The van der Waals surface area contributed by atoms with Crippen LogP contribution >= 0.6 is 0 Å². The lowest BCUT2D eigenvalue weighted by molar-refractivity contribution is -0.132. The average Bonchev–Trinajstić information content (AvgIpc) is 3.63. The first kappa shape index (κ1) is 28.8. The fraction of sp³-hybridized carbons (Fsp3) is 0.343. The predicted molar refractivity (Wildman–Crippen MR) is 168 cm³/mol. The van der Waals surface area contributed by atoms with Crippen molar-refractivity contribution in [3.63, 3.8) is 0 Å². The quantitative estimate of drug-likeness (QED) is 0.380. The molecule has 10 heteroatoms. The molecule has 4 bridgehead atoms. The van der Waals surface area contributed by atoms with Crippen LogP contribution in [0.1, 0.15) is 28.3 Å². The molecule has 4 aliphatic heterocycles. The van der Waals surface area contributed by atoms with Crippen molar-refractivity contribution < 1.29 is 28.6 Å². The second-order valence-electron chi connectivity index (χ2n) is 12.1. The van der Waals surface area contributed by atoms with Crippen molar-refractivity contribution in [3.05, 3.63) is 90.1 Å². The molecule has 0 saturated carbocycles. The van der Waals surface area contributed by atoms with Gasteiger partial charge in [-0.25, -0.2) is 0 Å². The van der Waals surface area contributed by atoms with E-state index in [9.17, 15) is 14.4 Å². The van der Waals surface area contributed by atoms with Crippen LogP contribution in [0.2, 0.25) is 0 Å². The molecule has 0 aliphatic carbocycles. The van der Waals surface area contributed by atoms with E-state index < -0.39 is 5.41 Å². The van der Waals surface area contributed by atoms with E-state index >= 15 is 0 Å². The van der Waals surface area contributed by atoms with Crippen molar-refractivity contribution in [2.24, 2.45) is 12.5 Å². The molecule has 1 fully saturated rings. The second-order valence-corrected chi connectivity index (χ2v) is 12.1. The van der Waals surface area contributed by atoms with Gasteiger partial charge < -0.3 is 33.9 Å². The number of carbonyl (C=O) groups is 3. The van der Waals surface area contributed by atoms with Gasteiger partial charge in [0.2, 0.25) is 5.91 Å². The number of aromatic nitrogens is 1. The lowest BCUT2D eigenvalue weighted by atomic mass is 9.73. The van der Waals surface area contributed by atoms with Gasteiger partial charge in [-0.1, -0.05) is 48.5 Å². The smallest absolute Gasteiger partial charge is 0.260 e. The largest absolute Gasteiger partial charge is 0.490 e. The van der Waals surface area contributed by atoms with Gasteiger partial charge in [0, 0.05) is 67.2 Å². The van der Waals surface area contributed by atoms with Gasteiger partial charge in [-0.05, 0) is 30.7 Å². The maximum atomic E-state index is 13.9. The van der Waals surface area contributed by atoms with Gasteiger partial charge in [0.25, 0.3) is 11.8 Å². The van der Waals surface area contributed by atoms with Crippen LogP contribution in [-0.2, 0) is 16.6 Å². The van der Waals surface area contributed by atoms with Crippen LogP contribution in [0.25, 0.3) is 10.9 Å². The van der Waals surface area contributed by atoms with E-state index in [-0.39, 0.29) is 36.8 Å². The lowest BCUT2D eigenvalue weighted by Gasteiger charge is -2.40. The Morgan fingerprint density at radius 2 is 1.82 bits per heavy atom. The Morgan fingerprint density at radius 3 is 2.69 bits per heavy atom.